The van der Waals surface area contributed by atoms with Gasteiger partial charge in [-0.15, -0.1) is 0 Å². The van der Waals surface area contributed by atoms with Crippen LogP contribution in [0.1, 0.15) is 16.1 Å². The van der Waals surface area contributed by atoms with E-state index in [2.05, 4.69) is 0 Å². The summed E-state index contributed by atoms with van der Waals surface area (Å²) in [7, 11) is 0. The van der Waals surface area contributed by atoms with Crippen LogP contribution < -0.4 is 10.5 Å². The van der Waals surface area contributed by atoms with Crippen LogP contribution in [-0.2, 0) is 0 Å². The Morgan fingerprint density at radius 1 is 1.19 bits per heavy atom. The molecule has 2 aromatic rings. The van der Waals surface area contributed by atoms with Gasteiger partial charge in [-0.2, -0.15) is 0 Å². The number of aryl methyl sites for hydroxylation is 1. The monoisotopic (exact) mass is 217 g/mol. The van der Waals surface area contributed by atoms with E-state index >= 15 is 0 Å². The van der Waals surface area contributed by atoms with E-state index in [1.165, 1.54) is 0 Å². The minimum atomic E-state index is -0.458. The molecule has 1 aromatic heterocycles. The van der Waals surface area contributed by atoms with E-state index in [-0.39, 0.29) is 0 Å². The Hall–Kier alpha value is -2.23. The van der Waals surface area contributed by atoms with Crippen LogP contribution in [0, 0.1) is 6.92 Å². The average molecular weight is 217 g/mol. The molecule has 4 nitrogen and oxygen atoms in total. The van der Waals surface area contributed by atoms with Crippen LogP contribution in [0.4, 0.5) is 0 Å². The minimum Gasteiger partial charge on any atom is -0.431 e. The number of carbonyl (C=O) groups excluding carboxylic acids is 1. The molecular weight excluding hydrogens is 206 g/mol. The normalized spacial score (nSPS) is 10.1. The van der Waals surface area contributed by atoms with Gasteiger partial charge < -0.3 is 14.9 Å². The number of primary amides is 1. The second-order valence-electron chi connectivity index (χ2n) is 3.36. The highest BCUT2D eigenvalue weighted by molar-refractivity contribution is 5.92. The third-order valence-corrected chi connectivity index (χ3v) is 2.07. The van der Waals surface area contributed by atoms with Gasteiger partial charge in [0, 0.05) is 11.6 Å². The van der Waals surface area contributed by atoms with Crippen molar-refractivity contribution in [2.75, 3.05) is 0 Å². The third kappa shape index (κ3) is 2.23. The van der Waals surface area contributed by atoms with E-state index in [4.69, 9.17) is 14.9 Å². The summed E-state index contributed by atoms with van der Waals surface area (Å²) in [5.41, 5.74) is 5.57. The van der Waals surface area contributed by atoms with Crippen LogP contribution in [0.3, 0.4) is 0 Å². The van der Waals surface area contributed by atoms with E-state index in [1.807, 2.05) is 13.0 Å². The van der Waals surface area contributed by atoms with Crippen molar-refractivity contribution in [1.29, 1.82) is 0 Å². The first-order valence-corrected chi connectivity index (χ1v) is 4.79. The highest BCUT2D eigenvalue weighted by Gasteiger charge is 2.03. The molecule has 0 aliphatic rings. The predicted octanol–water partition coefficient (Wildman–Crippen LogP) is 2.48. The molecule has 4 heteroatoms. The summed E-state index contributed by atoms with van der Waals surface area (Å²) >= 11 is 0. The number of hydrogen-bond acceptors (Lipinski definition) is 3. The lowest BCUT2D eigenvalue weighted by Gasteiger charge is -2.02. The number of carbonyl (C=O) groups is 1. The molecule has 2 N–H and O–H groups in total. The molecule has 1 heterocycles. The van der Waals surface area contributed by atoms with Gasteiger partial charge >= 0.3 is 0 Å². The summed E-state index contributed by atoms with van der Waals surface area (Å²) in [5, 5.41) is 0. The van der Waals surface area contributed by atoms with Crippen LogP contribution in [-0.4, -0.2) is 5.91 Å². The van der Waals surface area contributed by atoms with Gasteiger partial charge in [0.05, 0.1) is 0 Å². The number of benzene rings is 1. The van der Waals surface area contributed by atoms with Crippen molar-refractivity contribution in [2.24, 2.45) is 5.73 Å². The Morgan fingerprint density at radius 3 is 2.38 bits per heavy atom. The molecule has 0 radical (unpaired) electrons. The maximum atomic E-state index is 10.8. The van der Waals surface area contributed by atoms with Crippen LogP contribution >= 0.6 is 0 Å². The number of ether oxygens (including phenoxy) is 1. The fourth-order valence-electron chi connectivity index (χ4n) is 1.27. The third-order valence-electron chi connectivity index (χ3n) is 2.07. The van der Waals surface area contributed by atoms with Crippen molar-refractivity contribution in [3.63, 3.8) is 0 Å². The molecular formula is C12H11NO3. The number of amides is 1. The SMILES string of the molecule is Cc1ccc(Oc2ccc(C(N)=O)cc2)o1. The second-order valence-corrected chi connectivity index (χ2v) is 3.36. The van der Waals surface area contributed by atoms with Crippen molar-refractivity contribution >= 4 is 5.91 Å². The lowest BCUT2D eigenvalue weighted by Crippen LogP contribution is -2.10. The molecule has 16 heavy (non-hydrogen) atoms. The molecule has 0 saturated carbocycles. The smallest absolute Gasteiger partial charge is 0.290 e. The number of rotatable bonds is 3. The summed E-state index contributed by atoms with van der Waals surface area (Å²) in [6, 6.07) is 10.1. The Balaban J connectivity index is 2.14. The number of nitrogens with two attached hydrogens (primary N) is 1. The van der Waals surface area contributed by atoms with Gasteiger partial charge in [0.2, 0.25) is 5.91 Å². The highest BCUT2D eigenvalue weighted by Crippen LogP contribution is 2.23. The van der Waals surface area contributed by atoms with Gasteiger partial charge in [-0.25, -0.2) is 0 Å². The van der Waals surface area contributed by atoms with Gasteiger partial charge in [-0.1, -0.05) is 0 Å². The lowest BCUT2D eigenvalue weighted by molar-refractivity contribution is 0.100. The first-order chi connectivity index (χ1) is 7.65. The number of furan rings is 1. The summed E-state index contributed by atoms with van der Waals surface area (Å²) in [5.74, 6) is 1.34. The van der Waals surface area contributed by atoms with Crippen LogP contribution in [0.15, 0.2) is 40.8 Å². The Morgan fingerprint density at radius 2 is 1.88 bits per heavy atom. The van der Waals surface area contributed by atoms with E-state index in [1.54, 1.807) is 30.3 Å². The largest absolute Gasteiger partial charge is 0.431 e. The molecule has 0 bridgehead atoms. The van der Waals surface area contributed by atoms with E-state index < -0.39 is 5.91 Å². The Labute approximate surface area is 92.6 Å². The predicted molar refractivity (Wildman–Crippen MR) is 58.5 cm³/mol. The van der Waals surface area contributed by atoms with Gasteiger partial charge in [-0.3, -0.25) is 4.79 Å². The van der Waals surface area contributed by atoms with Crippen molar-refractivity contribution in [2.45, 2.75) is 6.92 Å². The topological polar surface area (TPSA) is 65.5 Å². The Kier molecular flexibility index (Phi) is 2.64. The fourth-order valence-corrected chi connectivity index (χ4v) is 1.27. The van der Waals surface area contributed by atoms with Crippen molar-refractivity contribution in [3.8, 4) is 11.7 Å². The van der Waals surface area contributed by atoms with Crippen LogP contribution in [0.25, 0.3) is 0 Å². The second kappa shape index (κ2) is 4.10. The Bertz CT molecular complexity index is 499. The molecule has 82 valence electrons. The molecule has 1 amide bonds. The molecule has 0 aliphatic carbocycles. The maximum absolute atomic E-state index is 10.8. The van der Waals surface area contributed by atoms with Crippen molar-refractivity contribution in [3.05, 3.63) is 47.7 Å². The molecule has 0 fully saturated rings. The molecule has 0 saturated heterocycles. The summed E-state index contributed by atoms with van der Waals surface area (Å²) in [4.78, 5) is 10.8. The van der Waals surface area contributed by atoms with Gasteiger partial charge in [-0.05, 0) is 37.3 Å². The first kappa shape index (κ1) is 10.3. The van der Waals surface area contributed by atoms with Gasteiger partial charge in [0.25, 0.3) is 5.95 Å². The first-order valence-electron chi connectivity index (χ1n) is 4.79. The number of hydrogen-bond donors (Lipinski definition) is 1. The molecule has 2 rings (SSSR count). The fraction of sp³-hybridized carbons (Fsp3) is 0.0833. The molecule has 0 unspecified atom stereocenters. The highest BCUT2D eigenvalue weighted by atomic mass is 16.6. The lowest BCUT2D eigenvalue weighted by atomic mass is 10.2. The van der Waals surface area contributed by atoms with Gasteiger partial charge in [0.1, 0.15) is 11.5 Å². The van der Waals surface area contributed by atoms with E-state index in [0.29, 0.717) is 17.3 Å². The summed E-state index contributed by atoms with van der Waals surface area (Å²) < 4.78 is 10.7. The zero-order valence-corrected chi connectivity index (χ0v) is 8.77. The molecule has 1 aromatic carbocycles. The zero-order chi connectivity index (χ0) is 11.5. The van der Waals surface area contributed by atoms with E-state index in [0.717, 1.165) is 5.76 Å². The quantitative estimate of drug-likeness (QED) is 0.858. The zero-order valence-electron chi connectivity index (χ0n) is 8.77. The van der Waals surface area contributed by atoms with E-state index in [9.17, 15) is 4.79 Å². The van der Waals surface area contributed by atoms with Crippen molar-refractivity contribution < 1.29 is 13.9 Å². The van der Waals surface area contributed by atoms with Crippen molar-refractivity contribution in [1.82, 2.24) is 0 Å². The summed E-state index contributed by atoms with van der Waals surface area (Å²) in [6.07, 6.45) is 0. The van der Waals surface area contributed by atoms with Crippen LogP contribution in [0.5, 0.6) is 11.7 Å². The standard InChI is InChI=1S/C12H11NO3/c1-8-2-7-11(15-8)16-10-5-3-9(4-6-10)12(13)14/h2-7H,1H3,(H2,13,14). The maximum Gasteiger partial charge on any atom is 0.290 e. The molecule has 0 spiro atoms. The minimum absolute atomic E-state index is 0.421. The average Bonchev–Trinajstić information content (AvgIpc) is 2.65. The molecule has 0 aliphatic heterocycles. The summed E-state index contributed by atoms with van der Waals surface area (Å²) in [6.45, 7) is 1.84. The van der Waals surface area contributed by atoms with Crippen LogP contribution in [0.2, 0.25) is 0 Å². The molecule has 0 atom stereocenters. The van der Waals surface area contributed by atoms with Gasteiger partial charge in [0.15, 0.2) is 0 Å².